The highest BCUT2D eigenvalue weighted by molar-refractivity contribution is 5.95. The summed E-state index contributed by atoms with van der Waals surface area (Å²) in [6.45, 7) is 15.1. The largest absolute Gasteiger partial charge is 0.369 e. The summed E-state index contributed by atoms with van der Waals surface area (Å²) >= 11 is 0. The average molecular weight is 469 g/mol. The molecule has 182 valence electrons. The number of rotatable bonds is 5. The third kappa shape index (κ3) is 4.63. The molecule has 0 radical (unpaired) electrons. The number of aromatic nitrogens is 3. The number of nitrogens with zero attached hydrogens (tertiary/aromatic N) is 5. The van der Waals surface area contributed by atoms with Gasteiger partial charge in [-0.2, -0.15) is 0 Å². The number of aryl methyl sites for hydroxylation is 4. The smallest absolute Gasteiger partial charge is 0.112 e. The molecule has 0 spiro atoms. The lowest BCUT2D eigenvalue weighted by atomic mass is 10.0. The van der Waals surface area contributed by atoms with Crippen molar-refractivity contribution in [1.82, 2.24) is 19.4 Å². The second-order valence-electron chi connectivity index (χ2n) is 10.0. The molecule has 0 saturated carbocycles. The number of hydrogen-bond donors (Lipinski definition) is 1. The fourth-order valence-electron chi connectivity index (χ4n) is 4.89. The lowest BCUT2D eigenvalue weighted by Crippen LogP contribution is -2.48. The molecule has 35 heavy (non-hydrogen) atoms. The fraction of sp³-hybridized carbons (Fsp3) is 0.379. The monoisotopic (exact) mass is 468 g/mol. The Balaban J connectivity index is 1.46. The minimum Gasteiger partial charge on any atom is -0.369 e. The summed E-state index contributed by atoms with van der Waals surface area (Å²) in [5.74, 6) is 0.995. The molecule has 1 N–H and O–H groups in total. The van der Waals surface area contributed by atoms with E-state index in [9.17, 15) is 0 Å². The van der Waals surface area contributed by atoms with Gasteiger partial charge in [0.15, 0.2) is 0 Å². The first-order valence-electron chi connectivity index (χ1n) is 12.6. The number of hydrogen-bond acceptors (Lipinski definition) is 5. The highest BCUT2D eigenvalue weighted by atomic mass is 15.3. The Morgan fingerprint density at radius 2 is 1.60 bits per heavy atom. The van der Waals surface area contributed by atoms with Crippen molar-refractivity contribution in [3.05, 3.63) is 65.7 Å². The molecule has 1 saturated heterocycles. The van der Waals surface area contributed by atoms with Gasteiger partial charge in [0, 0.05) is 50.6 Å². The van der Waals surface area contributed by atoms with Crippen LogP contribution < -0.4 is 10.2 Å². The maximum Gasteiger partial charge on any atom is 0.112 e. The van der Waals surface area contributed by atoms with E-state index in [1.807, 2.05) is 13.1 Å². The van der Waals surface area contributed by atoms with Crippen LogP contribution in [0.15, 0.2) is 48.7 Å². The Bertz CT molecular complexity index is 1340. The SMILES string of the molecule is Cc1cc(Nc2cc(-c3ccc(N4CCN(C(C)C)CC4)cc3)cc3c2nc(C)n3C)cnc1C. The van der Waals surface area contributed by atoms with Crippen LogP contribution >= 0.6 is 0 Å². The summed E-state index contributed by atoms with van der Waals surface area (Å²) < 4.78 is 2.16. The topological polar surface area (TPSA) is 49.2 Å². The van der Waals surface area contributed by atoms with Gasteiger partial charge in [0.05, 0.1) is 23.1 Å². The zero-order chi connectivity index (χ0) is 24.7. The number of benzene rings is 2. The van der Waals surface area contributed by atoms with Gasteiger partial charge < -0.3 is 14.8 Å². The van der Waals surface area contributed by atoms with Crippen LogP contribution in [-0.2, 0) is 7.05 Å². The van der Waals surface area contributed by atoms with E-state index in [-0.39, 0.29) is 0 Å². The Labute approximate surface area is 208 Å². The van der Waals surface area contributed by atoms with Crippen LogP contribution in [-0.4, -0.2) is 51.7 Å². The molecule has 6 heteroatoms. The predicted molar refractivity (Wildman–Crippen MR) is 147 cm³/mol. The molecule has 0 atom stereocenters. The van der Waals surface area contributed by atoms with E-state index in [2.05, 4.69) is 102 Å². The molecular weight excluding hydrogens is 432 g/mol. The van der Waals surface area contributed by atoms with Gasteiger partial charge in [0.1, 0.15) is 11.3 Å². The molecule has 4 aromatic rings. The molecule has 0 aliphatic carbocycles. The van der Waals surface area contributed by atoms with Crippen LogP contribution in [0, 0.1) is 20.8 Å². The normalized spacial score (nSPS) is 14.8. The van der Waals surface area contributed by atoms with Crippen molar-refractivity contribution >= 4 is 28.1 Å². The number of piperazine rings is 1. The highest BCUT2D eigenvalue weighted by Gasteiger charge is 2.19. The Hall–Kier alpha value is -3.38. The van der Waals surface area contributed by atoms with E-state index >= 15 is 0 Å². The van der Waals surface area contributed by atoms with E-state index in [0.717, 1.165) is 60.1 Å². The molecule has 2 aromatic heterocycles. The summed E-state index contributed by atoms with van der Waals surface area (Å²) in [5.41, 5.74) is 9.98. The maximum atomic E-state index is 4.85. The maximum absolute atomic E-state index is 4.85. The molecule has 6 nitrogen and oxygen atoms in total. The lowest BCUT2D eigenvalue weighted by Gasteiger charge is -2.38. The van der Waals surface area contributed by atoms with Crippen molar-refractivity contribution in [3.63, 3.8) is 0 Å². The van der Waals surface area contributed by atoms with E-state index in [1.54, 1.807) is 0 Å². The number of imidazole rings is 1. The summed E-state index contributed by atoms with van der Waals surface area (Å²) in [6.07, 6.45) is 1.89. The van der Waals surface area contributed by atoms with Crippen LogP contribution in [0.2, 0.25) is 0 Å². The molecule has 3 heterocycles. The van der Waals surface area contributed by atoms with Crippen LogP contribution in [0.25, 0.3) is 22.2 Å². The van der Waals surface area contributed by atoms with Crippen LogP contribution in [0.5, 0.6) is 0 Å². The minimum absolute atomic E-state index is 0.618. The van der Waals surface area contributed by atoms with Crippen LogP contribution in [0.3, 0.4) is 0 Å². The average Bonchev–Trinajstić information content (AvgIpc) is 3.15. The van der Waals surface area contributed by atoms with Gasteiger partial charge in [0.2, 0.25) is 0 Å². The van der Waals surface area contributed by atoms with E-state index in [1.165, 1.54) is 22.4 Å². The molecule has 0 unspecified atom stereocenters. The predicted octanol–water partition coefficient (Wildman–Crippen LogP) is 5.83. The molecule has 2 aromatic carbocycles. The van der Waals surface area contributed by atoms with Gasteiger partial charge in [0.25, 0.3) is 0 Å². The van der Waals surface area contributed by atoms with Crippen molar-refractivity contribution in [2.45, 2.75) is 40.7 Å². The first-order valence-corrected chi connectivity index (χ1v) is 12.6. The zero-order valence-electron chi connectivity index (χ0n) is 21.8. The molecule has 0 amide bonds. The molecular formula is C29H36N6. The van der Waals surface area contributed by atoms with Gasteiger partial charge in [-0.05, 0) is 81.6 Å². The molecule has 1 fully saturated rings. The first kappa shape index (κ1) is 23.4. The third-order valence-electron chi connectivity index (χ3n) is 7.44. The summed E-state index contributed by atoms with van der Waals surface area (Å²) in [4.78, 5) is 14.4. The number of nitrogens with one attached hydrogen (secondary N) is 1. The van der Waals surface area contributed by atoms with E-state index in [0.29, 0.717) is 6.04 Å². The van der Waals surface area contributed by atoms with Gasteiger partial charge in [-0.25, -0.2) is 4.98 Å². The third-order valence-corrected chi connectivity index (χ3v) is 7.44. The van der Waals surface area contributed by atoms with Crippen LogP contribution in [0.4, 0.5) is 17.1 Å². The van der Waals surface area contributed by atoms with Crippen LogP contribution in [0.1, 0.15) is 30.9 Å². The van der Waals surface area contributed by atoms with Gasteiger partial charge >= 0.3 is 0 Å². The molecule has 0 bridgehead atoms. The summed E-state index contributed by atoms with van der Waals surface area (Å²) in [7, 11) is 2.08. The molecule has 1 aliphatic rings. The van der Waals surface area contributed by atoms with E-state index in [4.69, 9.17) is 4.98 Å². The molecule has 1 aliphatic heterocycles. The second-order valence-corrected chi connectivity index (χ2v) is 10.0. The second kappa shape index (κ2) is 9.34. The summed E-state index contributed by atoms with van der Waals surface area (Å²) in [6, 6.07) is 16.2. The fourth-order valence-corrected chi connectivity index (χ4v) is 4.89. The number of fused-ring (bicyclic) bond motifs is 1. The Morgan fingerprint density at radius 1 is 0.886 bits per heavy atom. The minimum atomic E-state index is 0.618. The quantitative estimate of drug-likeness (QED) is 0.399. The Morgan fingerprint density at radius 3 is 2.26 bits per heavy atom. The lowest BCUT2D eigenvalue weighted by molar-refractivity contribution is 0.209. The van der Waals surface area contributed by atoms with Crippen molar-refractivity contribution in [3.8, 4) is 11.1 Å². The van der Waals surface area contributed by atoms with E-state index < -0.39 is 0 Å². The van der Waals surface area contributed by atoms with Crippen molar-refractivity contribution < 1.29 is 0 Å². The van der Waals surface area contributed by atoms with Crippen molar-refractivity contribution in [2.75, 3.05) is 36.4 Å². The Kier molecular flexibility index (Phi) is 6.24. The van der Waals surface area contributed by atoms with Crippen molar-refractivity contribution in [1.29, 1.82) is 0 Å². The standard InChI is InChI=1S/C29H36N6/c1-19(2)34-11-13-35(14-12-34)26-9-7-23(8-10-26)24-16-27(29-28(17-24)33(6)22(5)31-29)32-25-15-20(3)21(4)30-18-25/h7-10,15-19,32H,11-14H2,1-6H3. The number of anilines is 3. The first-order chi connectivity index (χ1) is 16.8. The van der Waals surface area contributed by atoms with Crippen molar-refractivity contribution in [2.24, 2.45) is 7.05 Å². The van der Waals surface area contributed by atoms with Gasteiger partial charge in [-0.15, -0.1) is 0 Å². The number of pyridine rings is 1. The molecule has 5 rings (SSSR count). The highest BCUT2D eigenvalue weighted by Crippen LogP contribution is 2.34. The van der Waals surface area contributed by atoms with Gasteiger partial charge in [-0.3, -0.25) is 9.88 Å². The summed E-state index contributed by atoms with van der Waals surface area (Å²) in [5, 5.41) is 3.59. The van der Waals surface area contributed by atoms with Gasteiger partial charge in [-0.1, -0.05) is 12.1 Å². The zero-order valence-corrected chi connectivity index (χ0v) is 21.8.